The Hall–Kier alpha value is -3.15. The predicted molar refractivity (Wildman–Crippen MR) is 171 cm³/mol. The summed E-state index contributed by atoms with van der Waals surface area (Å²) in [5, 5.41) is -0.142. The second-order valence-corrected chi connectivity index (χ2v) is 14.9. The molecule has 2 aliphatic rings. The van der Waals surface area contributed by atoms with E-state index < -0.39 is 38.4 Å². The minimum atomic E-state index is -3.86. The van der Waals surface area contributed by atoms with Crippen molar-refractivity contribution in [2.75, 3.05) is 19.7 Å². The highest BCUT2D eigenvalue weighted by Gasteiger charge is 2.46. The van der Waals surface area contributed by atoms with Gasteiger partial charge in [-0.15, -0.1) is 11.8 Å². The number of rotatable bonds is 13. The smallest absolute Gasteiger partial charge is 0.279 e. The van der Waals surface area contributed by atoms with E-state index in [1.165, 1.54) is 4.31 Å². The van der Waals surface area contributed by atoms with E-state index in [0.29, 0.717) is 24.9 Å². The molecular weight excluding hydrogens is 618 g/mol. The zero-order valence-electron chi connectivity index (χ0n) is 24.6. The van der Waals surface area contributed by atoms with Crippen LogP contribution in [0.2, 0.25) is 0 Å². The van der Waals surface area contributed by atoms with Gasteiger partial charge in [-0.3, -0.25) is 0 Å². The molecule has 45 heavy (non-hydrogen) atoms. The lowest BCUT2D eigenvalue weighted by molar-refractivity contribution is 0.0849. The van der Waals surface area contributed by atoms with Gasteiger partial charge in [0, 0.05) is 30.0 Å². The van der Waals surface area contributed by atoms with Gasteiger partial charge < -0.3 is 4.74 Å². The molecule has 1 heterocycles. The third kappa shape index (κ3) is 7.15. The van der Waals surface area contributed by atoms with E-state index in [9.17, 15) is 21.6 Å². The minimum absolute atomic E-state index is 0.0329. The molecule has 236 valence electrons. The van der Waals surface area contributed by atoms with Gasteiger partial charge in [-0.25, -0.2) is 17.9 Å². The maximum Gasteiger partial charge on any atom is 0.279 e. The fourth-order valence-corrected chi connectivity index (χ4v) is 9.45. The minimum Gasteiger partial charge on any atom is -0.375 e. The molecule has 0 bridgehead atoms. The Morgan fingerprint density at radius 2 is 1.33 bits per heavy atom. The molecule has 10 heteroatoms. The average molecular weight is 653 g/mol. The van der Waals surface area contributed by atoms with E-state index in [2.05, 4.69) is 41.1 Å². The SMILES string of the molecule is O=S(=O)(NCC1CC1)N1C[C@H](SC(c2ccccc2)(c2ccccc2)c2ccccc2)C[C@H]1COCc1cc(F)c(F)cc1F. The molecule has 6 rings (SSSR count). The predicted octanol–water partition coefficient (Wildman–Crippen LogP) is 7.03. The number of thioether (sulfide) groups is 1. The van der Waals surface area contributed by atoms with Gasteiger partial charge in [0.15, 0.2) is 11.6 Å². The Labute approximate surface area is 267 Å². The topological polar surface area (TPSA) is 58.6 Å². The summed E-state index contributed by atoms with van der Waals surface area (Å²) in [6.45, 7) is 0.274. The van der Waals surface area contributed by atoms with E-state index in [0.717, 1.165) is 35.6 Å². The van der Waals surface area contributed by atoms with Crippen molar-refractivity contribution in [3.63, 3.8) is 0 Å². The Kier molecular flexibility index (Phi) is 9.68. The van der Waals surface area contributed by atoms with Crippen LogP contribution >= 0.6 is 11.8 Å². The first-order chi connectivity index (χ1) is 21.8. The molecule has 4 aromatic carbocycles. The quantitative estimate of drug-likeness (QED) is 0.125. The van der Waals surface area contributed by atoms with Crippen molar-refractivity contribution in [2.24, 2.45) is 5.92 Å². The fraction of sp³-hybridized carbons (Fsp3) is 0.314. The number of benzene rings is 4. The van der Waals surface area contributed by atoms with Gasteiger partial charge in [0.1, 0.15) is 5.82 Å². The van der Waals surface area contributed by atoms with Crippen molar-refractivity contribution < 1.29 is 26.3 Å². The van der Waals surface area contributed by atoms with Crippen molar-refractivity contribution in [1.82, 2.24) is 9.03 Å². The number of nitrogens with one attached hydrogen (secondary N) is 1. The molecule has 1 aliphatic heterocycles. The molecule has 0 spiro atoms. The van der Waals surface area contributed by atoms with Crippen LogP contribution in [0.3, 0.4) is 0 Å². The molecule has 2 atom stereocenters. The lowest BCUT2D eigenvalue weighted by Crippen LogP contribution is -2.45. The summed E-state index contributed by atoms with van der Waals surface area (Å²) >= 11 is 1.71. The Bertz CT molecular complexity index is 1600. The summed E-state index contributed by atoms with van der Waals surface area (Å²) in [6, 6.07) is 31.3. The first-order valence-electron chi connectivity index (χ1n) is 15.1. The van der Waals surface area contributed by atoms with Gasteiger partial charge in [-0.1, -0.05) is 91.0 Å². The fourth-order valence-electron chi connectivity index (χ4n) is 5.96. The molecule has 5 nitrogen and oxygen atoms in total. The number of halogens is 3. The van der Waals surface area contributed by atoms with Crippen LogP contribution in [0.5, 0.6) is 0 Å². The maximum absolute atomic E-state index is 14.3. The van der Waals surface area contributed by atoms with Crippen LogP contribution in [-0.2, 0) is 26.3 Å². The second kappa shape index (κ2) is 13.7. The van der Waals surface area contributed by atoms with E-state index in [4.69, 9.17) is 4.74 Å². The molecule has 0 aromatic heterocycles. The summed E-state index contributed by atoms with van der Waals surface area (Å²) in [6.07, 6.45) is 2.48. The zero-order valence-corrected chi connectivity index (χ0v) is 26.3. The number of hydrogen-bond donors (Lipinski definition) is 1. The highest BCUT2D eigenvalue weighted by molar-refractivity contribution is 8.01. The van der Waals surface area contributed by atoms with Crippen LogP contribution < -0.4 is 4.72 Å². The molecule has 1 saturated heterocycles. The van der Waals surface area contributed by atoms with Crippen LogP contribution in [0.1, 0.15) is 41.5 Å². The molecule has 2 fully saturated rings. The van der Waals surface area contributed by atoms with Crippen LogP contribution in [0.15, 0.2) is 103 Å². The molecule has 4 aromatic rings. The Morgan fingerprint density at radius 1 is 0.800 bits per heavy atom. The van der Waals surface area contributed by atoms with E-state index >= 15 is 0 Å². The highest BCUT2D eigenvalue weighted by Crippen LogP contribution is 2.52. The molecule has 1 aliphatic carbocycles. The van der Waals surface area contributed by atoms with Gasteiger partial charge in [0.2, 0.25) is 0 Å². The molecule has 1 saturated carbocycles. The van der Waals surface area contributed by atoms with Crippen molar-refractivity contribution in [3.8, 4) is 0 Å². The molecule has 1 N–H and O–H groups in total. The largest absolute Gasteiger partial charge is 0.375 e. The first-order valence-corrected chi connectivity index (χ1v) is 17.4. The van der Waals surface area contributed by atoms with Crippen LogP contribution in [-0.4, -0.2) is 43.7 Å². The number of hydrogen-bond acceptors (Lipinski definition) is 4. The third-order valence-electron chi connectivity index (χ3n) is 8.43. The monoisotopic (exact) mass is 652 g/mol. The lowest BCUT2D eigenvalue weighted by Gasteiger charge is -2.37. The van der Waals surface area contributed by atoms with Crippen LogP contribution in [0.4, 0.5) is 13.2 Å². The van der Waals surface area contributed by atoms with Gasteiger partial charge in [0.25, 0.3) is 10.2 Å². The van der Waals surface area contributed by atoms with E-state index in [-0.39, 0.29) is 30.6 Å². The normalized spacial score (nSPS) is 19.2. The van der Waals surface area contributed by atoms with Gasteiger partial charge >= 0.3 is 0 Å². The van der Waals surface area contributed by atoms with Gasteiger partial charge in [0.05, 0.1) is 24.0 Å². The summed E-state index contributed by atoms with van der Waals surface area (Å²) in [5.74, 6) is -3.01. The summed E-state index contributed by atoms with van der Waals surface area (Å²) in [4.78, 5) is 0. The van der Waals surface area contributed by atoms with Crippen LogP contribution in [0, 0.1) is 23.4 Å². The van der Waals surface area contributed by atoms with Crippen molar-refractivity contribution in [2.45, 2.75) is 41.9 Å². The van der Waals surface area contributed by atoms with Gasteiger partial charge in [-0.2, -0.15) is 12.7 Å². The van der Waals surface area contributed by atoms with Crippen molar-refractivity contribution >= 4 is 22.0 Å². The van der Waals surface area contributed by atoms with E-state index in [1.807, 2.05) is 54.6 Å². The molecule has 0 unspecified atom stereocenters. The standard InChI is InChI=1S/C35H35F3N2O3S2/c36-32-20-34(38)33(37)18-26(32)23-43-24-30-19-31(22-40(30)45(41,42)39-21-25-16-17-25)44-35(27-10-4-1-5-11-27,28-12-6-2-7-13-28)29-14-8-3-9-15-29/h1-15,18,20,25,30-31,39H,16-17,19,21-24H2/t30-,31+/m0/s1. The summed E-state index contributed by atoms with van der Waals surface area (Å²) in [7, 11) is -3.86. The lowest BCUT2D eigenvalue weighted by atomic mass is 9.84. The van der Waals surface area contributed by atoms with Crippen LogP contribution in [0.25, 0.3) is 0 Å². The van der Waals surface area contributed by atoms with Crippen molar-refractivity contribution in [3.05, 3.63) is 143 Å². The molecular formula is C35H35F3N2O3S2. The Morgan fingerprint density at radius 3 is 1.87 bits per heavy atom. The molecule has 0 amide bonds. The zero-order chi connectivity index (χ0) is 31.4. The number of ether oxygens (including phenoxy) is 1. The highest BCUT2D eigenvalue weighted by atomic mass is 32.2. The Balaban J connectivity index is 1.31. The maximum atomic E-state index is 14.3. The first kappa shape index (κ1) is 31.8. The second-order valence-electron chi connectivity index (χ2n) is 11.6. The average Bonchev–Trinajstić information content (AvgIpc) is 3.81. The van der Waals surface area contributed by atoms with Crippen molar-refractivity contribution in [1.29, 1.82) is 0 Å². The summed E-state index contributed by atoms with van der Waals surface area (Å²) in [5.41, 5.74) is 3.09. The number of nitrogens with zero attached hydrogens (tertiary/aromatic N) is 1. The van der Waals surface area contributed by atoms with E-state index in [1.54, 1.807) is 11.8 Å². The summed E-state index contributed by atoms with van der Waals surface area (Å²) < 4.78 is 78.3. The van der Waals surface area contributed by atoms with Gasteiger partial charge in [-0.05, 0) is 47.9 Å². The third-order valence-corrected chi connectivity index (χ3v) is 11.8. The molecule has 0 radical (unpaired) electrons.